The highest BCUT2D eigenvalue weighted by Gasteiger charge is 2.16. The molecule has 0 radical (unpaired) electrons. The molecule has 5 heteroatoms. The fourth-order valence-corrected chi connectivity index (χ4v) is 1.76. The van der Waals surface area contributed by atoms with Crippen LogP contribution in [0.25, 0.3) is 0 Å². The van der Waals surface area contributed by atoms with E-state index < -0.39 is 11.7 Å². The van der Waals surface area contributed by atoms with Gasteiger partial charge in [0.05, 0.1) is 6.61 Å². The van der Waals surface area contributed by atoms with Crippen molar-refractivity contribution in [3.63, 3.8) is 0 Å². The Bertz CT molecular complexity index is 455. The van der Waals surface area contributed by atoms with Gasteiger partial charge in [-0.15, -0.1) is 0 Å². The zero-order chi connectivity index (χ0) is 15.9. The largest absolute Gasteiger partial charge is 0.444 e. The molecule has 1 aromatic carbocycles. The number of benzene rings is 1. The molecule has 118 valence electrons. The maximum absolute atomic E-state index is 11.7. The van der Waals surface area contributed by atoms with Gasteiger partial charge in [-0.3, -0.25) is 5.32 Å². The highest BCUT2D eigenvalue weighted by molar-refractivity contribution is 5.85. The molecule has 0 fully saturated rings. The van der Waals surface area contributed by atoms with Gasteiger partial charge in [0.1, 0.15) is 5.60 Å². The van der Waals surface area contributed by atoms with E-state index in [4.69, 9.17) is 9.47 Å². The van der Waals surface area contributed by atoms with Crippen molar-refractivity contribution in [1.82, 2.24) is 0 Å². The van der Waals surface area contributed by atoms with E-state index in [1.54, 1.807) is 7.11 Å². The number of hydrogen-bond donors (Lipinski definition) is 2. The minimum atomic E-state index is -0.504. The molecular weight excluding hydrogens is 268 g/mol. The molecule has 0 spiro atoms. The monoisotopic (exact) mass is 294 g/mol. The smallest absolute Gasteiger partial charge is 0.412 e. The SMILES string of the molecule is COCC(C)CNc1cccc(NC(=O)OC(C)(C)C)c1. The third kappa shape index (κ3) is 7.56. The summed E-state index contributed by atoms with van der Waals surface area (Å²) in [6.07, 6.45) is -0.451. The highest BCUT2D eigenvalue weighted by Crippen LogP contribution is 2.17. The zero-order valence-corrected chi connectivity index (χ0v) is 13.5. The van der Waals surface area contributed by atoms with E-state index in [1.807, 2.05) is 45.0 Å². The van der Waals surface area contributed by atoms with Crippen LogP contribution >= 0.6 is 0 Å². The fourth-order valence-electron chi connectivity index (χ4n) is 1.76. The predicted octanol–water partition coefficient (Wildman–Crippen LogP) is 3.73. The van der Waals surface area contributed by atoms with Crippen molar-refractivity contribution in [3.8, 4) is 0 Å². The summed E-state index contributed by atoms with van der Waals surface area (Å²) in [5.74, 6) is 0.414. The van der Waals surface area contributed by atoms with E-state index in [2.05, 4.69) is 17.6 Å². The minimum Gasteiger partial charge on any atom is -0.444 e. The number of rotatable bonds is 6. The molecule has 1 rings (SSSR count). The van der Waals surface area contributed by atoms with Gasteiger partial charge in [0.2, 0.25) is 0 Å². The number of nitrogens with one attached hydrogen (secondary N) is 2. The van der Waals surface area contributed by atoms with Crippen LogP contribution in [0.5, 0.6) is 0 Å². The van der Waals surface area contributed by atoms with Crippen LogP contribution in [0.3, 0.4) is 0 Å². The number of hydrogen-bond acceptors (Lipinski definition) is 4. The van der Waals surface area contributed by atoms with Crippen LogP contribution in [-0.2, 0) is 9.47 Å². The minimum absolute atomic E-state index is 0.414. The Kier molecular flexibility index (Phi) is 6.49. The molecule has 1 aromatic rings. The standard InChI is InChI=1S/C16H26N2O3/c1-12(11-20-5)10-17-13-7-6-8-14(9-13)18-15(19)21-16(2,3)4/h6-9,12,17H,10-11H2,1-5H3,(H,18,19). The van der Waals surface area contributed by atoms with E-state index in [9.17, 15) is 4.79 Å². The van der Waals surface area contributed by atoms with Crippen molar-refractivity contribution in [1.29, 1.82) is 0 Å². The number of anilines is 2. The summed E-state index contributed by atoms with van der Waals surface area (Å²) >= 11 is 0. The molecular formula is C16H26N2O3. The van der Waals surface area contributed by atoms with Crippen LogP contribution in [0.2, 0.25) is 0 Å². The van der Waals surface area contributed by atoms with Gasteiger partial charge < -0.3 is 14.8 Å². The van der Waals surface area contributed by atoms with Gasteiger partial charge in [-0.05, 0) is 44.9 Å². The summed E-state index contributed by atoms with van der Waals surface area (Å²) in [6, 6.07) is 7.55. The lowest BCUT2D eigenvalue weighted by Crippen LogP contribution is -2.27. The van der Waals surface area contributed by atoms with Crippen LogP contribution in [-0.4, -0.2) is 32.0 Å². The summed E-state index contributed by atoms with van der Waals surface area (Å²) in [4.78, 5) is 11.7. The number of carbonyl (C=O) groups is 1. The first kappa shape index (κ1) is 17.3. The van der Waals surface area contributed by atoms with Gasteiger partial charge in [-0.2, -0.15) is 0 Å². The van der Waals surface area contributed by atoms with E-state index in [0.717, 1.165) is 12.2 Å². The third-order valence-corrected chi connectivity index (χ3v) is 2.61. The summed E-state index contributed by atoms with van der Waals surface area (Å²) in [7, 11) is 1.70. The molecule has 2 N–H and O–H groups in total. The van der Waals surface area contributed by atoms with Crippen molar-refractivity contribution in [2.75, 3.05) is 30.9 Å². The average molecular weight is 294 g/mol. The number of carbonyl (C=O) groups excluding carboxylic acids is 1. The van der Waals surface area contributed by atoms with Crippen molar-refractivity contribution >= 4 is 17.5 Å². The second-order valence-corrected chi connectivity index (χ2v) is 6.15. The average Bonchev–Trinajstić information content (AvgIpc) is 2.35. The Morgan fingerprint density at radius 3 is 2.57 bits per heavy atom. The van der Waals surface area contributed by atoms with Crippen molar-refractivity contribution in [2.24, 2.45) is 5.92 Å². The van der Waals surface area contributed by atoms with Gasteiger partial charge in [-0.25, -0.2) is 4.79 Å². The lowest BCUT2D eigenvalue weighted by molar-refractivity contribution is 0.0636. The van der Waals surface area contributed by atoms with E-state index in [1.165, 1.54) is 0 Å². The third-order valence-electron chi connectivity index (χ3n) is 2.61. The maximum Gasteiger partial charge on any atom is 0.412 e. The van der Waals surface area contributed by atoms with Crippen LogP contribution in [0, 0.1) is 5.92 Å². The molecule has 5 nitrogen and oxygen atoms in total. The summed E-state index contributed by atoms with van der Waals surface area (Å²) < 4.78 is 10.3. The van der Waals surface area contributed by atoms with E-state index in [-0.39, 0.29) is 0 Å². The number of ether oxygens (including phenoxy) is 2. The molecule has 1 amide bonds. The van der Waals surface area contributed by atoms with Crippen molar-refractivity contribution in [2.45, 2.75) is 33.3 Å². The first-order valence-corrected chi connectivity index (χ1v) is 7.13. The van der Waals surface area contributed by atoms with E-state index >= 15 is 0 Å². The Balaban J connectivity index is 2.54. The first-order chi connectivity index (χ1) is 9.80. The normalized spacial score (nSPS) is 12.6. The van der Waals surface area contributed by atoms with Gasteiger partial charge in [0.25, 0.3) is 0 Å². The van der Waals surface area contributed by atoms with Gasteiger partial charge in [0.15, 0.2) is 0 Å². The first-order valence-electron chi connectivity index (χ1n) is 7.13. The lowest BCUT2D eigenvalue weighted by atomic mass is 10.2. The summed E-state index contributed by atoms with van der Waals surface area (Å²) in [6.45, 7) is 9.14. The Labute approximate surface area is 127 Å². The molecule has 0 saturated carbocycles. The molecule has 1 atom stereocenters. The quantitative estimate of drug-likeness (QED) is 0.839. The second-order valence-electron chi connectivity index (χ2n) is 6.15. The molecule has 0 aromatic heterocycles. The predicted molar refractivity (Wildman–Crippen MR) is 85.8 cm³/mol. The van der Waals surface area contributed by atoms with E-state index in [0.29, 0.717) is 18.2 Å². The van der Waals surface area contributed by atoms with Crippen LogP contribution in [0.1, 0.15) is 27.7 Å². The van der Waals surface area contributed by atoms with Gasteiger partial charge >= 0.3 is 6.09 Å². The lowest BCUT2D eigenvalue weighted by Gasteiger charge is -2.20. The molecule has 0 heterocycles. The van der Waals surface area contributed by atoms with Crippen molar-refractivity contribution < 1.29 is 14.3 Å². The Morgan fingerprint density at radius 1 is 1.29 bits per heavy atom. The summed E-state index contributed by atoms with van der Waals surface area (Å²) in [5.41, 5.74) is 1.15. The van der Waals surface area contributed by atoms with Crippen LogP contribution in [0.4, 0.5) is 16.2 Å². The molecule has 0 aliphatic heterocycles. The number of amides is 1. The molecule has 0 bridgehead atoms. The molecule has 21 heavy (non-hydrogen) atoms. The Morgan fingerprint density at radius 2 is 1.95 bits per heavy atom. The molecule has 1 unspecified atom stereocenters. The van der Waals surface area contributed by atoms with Crippen molar-refractivity contribution in [3.05, 3.63) is 24.3 Å². The maximum atomic E-state index is 11.7. The Hall–Kier alpha value is -1.75. The summed E-state index contributed by atoms with van der Waals surface area (Å²) in [5, 5.41) is 6.04. The van der Waals surface area contributed by atoms with Crippen LogP contribution in [0.15, 0.2) is 24.3 Å². The fraction of sp³-hybridized carbons (Fsp3) is 0.562. The number of methoxy groups -OCH3 is 1. The zero-order valence-electron chi connectivity index (χ0n) is 13.5. The van der Waals surface area contributed by atoms with Gasteiger partial charge in [-0.1, -0.05) is 13.0 Å². The second kappa shape index (κ2) is 7.88. The molecule has 0 aliphatic rings. The molecule has 0 aliphatic carbocycles. The molecule has 0 saturated heterocycles. The van der Waals surface area contributed by atoms with Gasteiger partial charge in [0, 0.05) is 25.0 Å². The topological polar surface area (TPSA) is 59.6 Å². The highest BCUT2D eigenvalue weighted by atomic mass is 16.6. The van der Waals surface area contributed by atoms with Crippen LogP contribution < -0.4 is 10.6 Å².